The Hall–Kier alpha value is 0.898. The van der Waals surface area contributed by atoms with Crippen LogP contribution in [0.25, 0.3) is 0 Å². The minimum atomic E-state index is -0.187. The van der Waals surface area contributed by atoms with Gasteiger partial charge in [0, 0.05) is 24.4 Å². The Morgan fingerprint density at radius 1 is 1.17 bits per heavy atom. The Bertz CT molecular complexity index is 113. The molecule has 0 bridgehead atoms. The molecule has 0 spiro atoms. The van der Waals surface area contributed by atoms with Gasteiger partial charge in [-0.2, -0.15) is 0 Å². The van der Waals surface area contributed by atoms with Gasteiger partial charge in [0.15, 0.2) is 5.78 Å². The number of rotatable bonds is 1. The summed E-state index contributed by atoms with van der Waals surface area (Å²) in [5.41, 5.74) is 0. The minimum absolute atomic E-state index is 0. The average molecular weight is 343 g/mol. The molecule has 77 valence electrons. The van der Waals surface area contributed by atoms with E-state index in [-0.39, 0.29) is 80.6 Å². The average Bonchev–Trinajstić information content (AvgIpc) is 1.27. The van der Waals surface area contributed by atoms with Crippen LogP contribution in [0.5, 0.6) is 0 Å². The summed E-state index contributed by atoms with van der Waals surface area (Å²) in [4.78, 5) is 9.98. The maximum atomic E-state index is 9.98. The van der Waals surface area contributed by atoms with E-state index in [4.69, 9.17) is 0 Å². The SMILES string of the molecule is C.CC(=O)/C=C(/C)[O-].[Cl-].[Cl-].[Cl-].[Sb]. The number of carbonyl (C=O) groups excluding carboxylic acids is 1. The van der Waals surface area contributed by atoms with Crippen molar-refractivity contribution in [3.8, 4) is 0 Å². The normalized spacial score (nSPS) is 6.67. The number of hydrogen-bond donors (Lipinski definition) is 0. The van der Waals surface area contributed by atoms with Crippen LogP contribution in [-0.4, -0.2) is 30.2 Å². The Labute approximate surface area is 110 Å². The molecule has 0 atom stereocenters. The van der Waals surface area contributed by atoms with Crippen molar-refractivity contribution in [3.63, 3.8) is 0 Å². The first-order valence-corrected chi connectivity index (χ1v) is 1.99. The second kappa shape index (κ2) is 22.7. The molecule has 0 N–H and O–H groups in total. The summed E-state index contributed by atoms with van der Waals surface area (Å²) in [6, 6.07) is 0. The van der Waals surface area contributed by atoms with Crippen LogP contribution in [-0.2, 0) is 4.79 Å². The second-order valence-electron chi connectivity index (χ2n) is 1.37. The number of allylic oxidation sites excluding steroid dienone is 2. The van der Waals surface area contributed by atoms with Crippen LogP contribution in [0.4, 0.5) is 0 Å². The van der Waals surface area contributed by atoms with Crippen LogP contribution in [0.3, 0.4) is 0 Å². The molecule has 0 heterocycles. The van der Waals surface area contributed by atoms with Gasteiger partial charge in [-0.1, -0.05) is 14.4 Å². The summed E-state index contributed by atoms with van der Waals surface area (Å²) in [6.45, 7) is 2.70. The van der Waals surface area contributed by atoms with Crippen molar-refractivity contribution in [2.24, 2.45) is 0 Å². The van der Waals surface area contributed by atoms with Crippen molar-refractivity contribution >= 4 is 30.2 Å². The summed E-state index contributed by atoms with van der Waals surface area (Å²) in [5.74, 6) is -0.375. The molecule has 0 aliphatic rings. The number of hydrogen-bond acceptors (Lipinski definition) is 2. The van der Waals surface area contributed by atoms with E-state index in [1.54, 1.807) is 0 Å². The van der Waals surface area contributed by atoms with Crippen molar-refractivity contribution in [3.05, 3.63) is 11.8 Å². The van der Waals surface area contributed by atoms with Gasteiger partial charge >= 0.3 is 0 Å². The molecule has 0 aliphatic heterocycles. The van der Waals surface area contributed by atoms with E-state index in [1.165, 1.54) is 13.8 Å². The van der Waals surface area contributed by atoms with Crippen molar-refractivity contribution in [2.45, 2.75) is 21.3 Å². The fourth-order valence-corrected chi connectivity index (χ4v) is 0.286. The minimum Gasteiger partial charge on any atom is -1.00 e. The van der Waals surface area contributed by atoms with Gasteiger partial charge < -0.3 is 42.3 Å². The summed E-state index contributed by atoms with van der Waals surface area (Å²) in [6.07, 6.45) is 1.06. The molecule has 0 saturated carbocycles. The molecule has 0 amide bonds. The number of halogens is 3. The van der Waals surface area contributed by atoms with Gasteiger partial charge in [0.1, 0.15) is 0 Å². The van der Waals surface area contributed by atoms with Gasteiger partial charge in [0.05, 0.1) is 0 Å². The van der Waals surface area contributed by atoms with E-state index in [1.807, 2.05) is 0 Å². The van der Waals surface area contributed by atoms with Crippen LogP contribution in [0.2, 0.25) is 0 Å². The zero-order valence-corrected chi connectivity index (χ0v) is 10.8. The maximum Gasteiger partial charge on any atom is 0.151 e. The zero-order valence-electron chi connectivity index (χ0n) is 5.97. The predicted molar refractivity (Wildman–Crippen MR) is 36.9 cm³/mol. The fraction of sp³-hybridized carbons (Fsp3) is 0.500. The van der Waals surface area contributed by atoms with Crippen LogP contribution in [0.15, 0.2) is 11.8 Å². The third-order valence-corrected chi connectivity index (χ3v) is 0.407. The van der Waals surface area contributed by atoms with E-state index >= 15 is 0 Å². The first-order chi connectivity index (χ1) is 3.13. The fourth-order valence-electron chi connectivity index (χ4n) is 0.286. The summed E-state index contributed by atoms with van der Waals surface area (Å²) >= 11 is 0. The Morgan fingerprint density at radius 3 is 1.42 bits per heavy atom. The van der Waals surface area contributed by atoms with Crippen molar-refractivity contribution in [1.29, 1.82) is 0 Å². The summed E-state index contributed by atoms with van der Waals surface area (Å²) in [5, 5.41) is 9.98. The largest absolute Gasteiger partial charge is 1.00 e. The van der Waals surface area contributed by atoms with Crippen molar-refractivity contribution < 1.29 is 47.1 Å². The maximum absolute atomic E-state index is 9.98. The van der Waals surface area contributed by atoms with E-state index in [0.29, 0.717) is 0 Å². The van der Waals surface area contributed by atoms with Gasteiger partial charge in [-0.15, -0.1) is 5.76 Å². The molecule has 0 unspecified atom stereocenters. The Morgan fingerprint density at radius 2 is 1.42 bits per heavy atom. The van der Waals surface area contributed by atoms with Crippen molar-refractivity contribution in [2.75, 3.05) is 0 Å². The molecule has 3 radical (unpaired) electrons. The van der Waals surface area contributed by atoms with Crippen LogP contribution < -0.4 is 42.3 Å². The van der Waals surface area contributed by atoms with E-state index in [2.05, 4.69) is 0 Å². The molecule has 2 nitrogen and oxygen atoms in total. The first kappa shape index (κ1) is 38.4. The molecule has 0 aromatic rings. The Kier molecular flexibility index (Phi) is 72.4. The second-order valence-corrected chi connectivity index (χ2v) is 1.37. The third-order valence-electron chi connectivity index (χ3n) is 0.407. The van der Waals surface area contributed by atoms with Gasteiger partial charge in [-0.25, -0.2) is 0 Å². The Balaban J connectivity index is -0.0000000180. The van der Waals surface area contributed by atoms with E-state index in [9.17, 15) is 9.90 Å². The smallest absolute Gasteiger partial charge is 0.151 e. The first-order valence-electron chi connectivity index (χ1n) is 1.99. The molecule has 6 heteroatoms. The molecule has 12 heavy (non-hydrogen) atoms. The zero-order chi connectivity index (χ0) is 5.86. The molecule has 0 aliphatic carbocycles. The standard InChI is InChI=1S/C5H8O2.CH4.3ClH.Sb/c1-4(6)3-5(2)7;;;;;/h3,6H,1-2H3;1H4;3*1H;/p-4/b4-3-;;;;;. The van der Waals surface area contributed by atoms with Gasteiger partial charge in [0.25, 0.3) is 0 Å². The molecular weight excluding hydrogens is 332 g/mol. The van der Waals surface area contributed by atoms with Gasteiger partial charge in [-0.3, -0.25) is 4.79 Å². The van der Waals surface area contributed by atoms with Crippen LogP contribution in [0, 0.1) is 0 Å². The van der Waals surface area contributed by atoms with Crippen LogP contribution in [0.1, 0.15) is 21.3 Å². The van der Waals surface area contributed by atoms with Crippen LogP contribution >= 0.6 is 0 Å². The monoisotopic (exact) mass is 341 g/mol. The number of ketones is 1. The molecule has 0 saturated heterocycles. The van der Waals surface area contributed by atoms with E-state index < -0.39 is 0 Å². The van der Waals surface area contributed by atoms with Crippen molar-refractivity contribution in [1.82, 2.24) is 0 Å². The molecule has 0 aromatic carbocycles. The van der Waals surface area contributed by atoms with E-state index in [0.717, 1.165) is 6.08 Å². The predicted octanol–water partition coefficient (Wildman–Crippen LogP) is -8.89. The summed E-state index contributed by atoms with van der Waals surface area (Å²) in [7, 11) is 0. The van der Waals surface area contributed by atoms with Gasteiger partial charge in [-0.05, 0) is 13.0 Å². The quantitative estimate of drug-likeness (QED) is 0.270. The third kappa shape index (κ3) is 44.5. The summed E-state index contributed by atoms with van der Waals surface area (Å²) < 4.78 is 0. The van der Waals surface area contributed by atoms with Gasteiger partial charge in [0.2, 0.25) is 0 Å². The molecule has 0 fully saturated rings. The topological polar surface area (TPSA) is 40.1 Å². The molecular formula is C6H11Cl3O2Sb-4. The molecule has 0 rings (SSSR count). The molecule has 0 aromatic heterocycles. The number of carbonyl (C=O) groups is 1.